The average Bonchev–Trinajstić information content (AvgIpc) is 2.98. The van der Waals surface area contributed by atoms with Crippen molar-refractivity contribution in [2.45, 2.75) is 69.7 Å². The first kappa shape index (κ1) is 14.0. The highest BCUT2D eigenvalue weighted by Crippen LogP contribution is 2.31. The number of nitrogens with one attached hydrogen (secondary N) is 1. The van der Waals surface area contributed by atoms with Gasteiger partial charge in [0.2, 0.25) is 5.91 Å². The minimum Gasteiger partial charge on any atom is -0.317 e. The van der Waals surface area contributed by atoms with Crippen LogP contribution in [-0.4, -0.2) is 16.4 Å². The first-order chi connectivity index (χ1) is 9.67. The van der Waals surface area contributed by atoms with E-state index in [0.717, 1.165) is 43.7 Å². The lowest BCUT2D eigenvalue weighted by molar-refractivity contribution is -0.121. The molecule has 4 nitrogen and oxygen atoms in total. The third-order valence-electron chi connectivity index (χ3n) is 4.51. The third kappa shape index (κ3) is 2.88. The maximum absolute atomic E-state index is 12.3. The summed E-state index contributed by atoms with van der Waals surface area (Å²) in [5, 5.41) is 3.71. The zero-order chi connectivity index (χ0) is 14.0. The van der Waals surface area contributed by atoms with Gasteiger partial charge in [-0.3, -0.25) is 4.79 Å². The van der Waals surface area contributed by atoms with Gasteiger partial charge in [0.05, 0.1) is 11.2 Å². The van der Waals surface area contributed by atoms with E-state index >= 15 is 0 Å². The van der Waals surface area contributed by atoms with Crippen LogP contribution in [0.4, 0.5) is 5.13 Å². The van der Waals surface area contributed by atoms with Crippen molar-refractivity contribution in [2.24, 2.45) is 5.73 Å². The van der Waals surface area contributed by atoms with Crippen molar-refractivity contribution in [3.05, 3.63) is 10.6 Å². The lowest BCUT2D eigenvalue weighted by atomic mass is 9.98. The monoisotopic (exact) mass is 293 g/mol. The van der Waals surface area contributed by atoms with E-state index in [0.29, 0.717) is 0 Å². The predicted octanol–water partition coefficient (Wildman–Crippen LogP) is 3.01. The van der Waals surface area contributed by atoms with E-state index in [1.54, 1.807) is 11.3 Å². The SMILES string of the molecule is NC1(C(=O)Nc2nc3c(s2)CCCCCC3)CCCC1. The first-order valence-corrected chi connectivity index (χ1v) is 8.58. The van der Waals surface area contributed by atoms with Crippen LogP contribution in [0.5, 0.6) is 0 Å². The third-order valence-corrected chi connectivity index (χ3v) is 5.59. The fourth-order valence-electron chi connectivity index (χ4n) is 3.21. The number of thiazole rings is 1. The van der Waals surface area contributed by atoms with Crippen molar-refractivity contribution < 1.29 is 4.79 Å². The fourth-order valence-corrected chi connectivity index (χ4v) is 4.26. The van der Waals surface area contributed by atoms with E-state index in [1.807, 2.05) is 0 Å². The summed E-state index contributed by atoms with van der Waals surface area (Å²) in [4.78, 5) is 18.3. The van der Waals surface area contributed by atoms with Gasteiger partial charge in [-0.1, -0.05) is 25.7 Å². The van der Waals surface area contributed by atoms with Gasteiger partial charge >= 0.3 is 0 Å². The van der Waals surface area contributed by atoms with Crippen LogP contribution in [0.1, 0.15) is 61.9 Å². The number of nitrogens with zero attached hydrogens (tertiary/aromatic N) is 1. The van der Waals surface area contributed by atoms with Crippen LogP contribution < -0.4 is 11.1 Å². The largest absolute Gasteiger partial charge is 0.317 e. The molecule has 0 atom stereocenters. The van der Waals surface area contributed by atoms with Gasteiger partial charge in [0.25, 0.3) is 0 Å². The van der Waals surface area contributed by atoms with Gasteiger partial charge in [0.15, 0.2) is 5.13 Å². The Morgan fingerprint density at radius 2 is 1.80 bits per heavy atom. The predicted molar refractivity (Wildman–Crippen MR) is 82.0 cm³/mol. The van der Waals surface area contributed by atoms with Crippen molar-refractivity contribution in [2.75, 3.05) is 5.32 Å². The topological polar surface area (TPSA) is 68.0 Å². The van der Waals surface area contributed by atoms with Crippen molar-refractivity contribution in [1.82, 2.24) is 4.98 Å². The summed E-state index contributed by atoms with van der Waals surface area (Å²) in [7, 11) is 0. The number of carbonyl (C=O) groups is 1. The highest BCUT2D eigenvalue weighted by molar-refractivity contribution is 7.15. The number of aryl methyl sites for hydroxylation is 2. The van der Waals surface area contributed by atoms with E-state index in [2.05, 4.69) is 10.3 Å². The Labute approximate surface area is 124 Å². The first-order valence-electron chi connectivity index (χ1n) is 7.76. The summed E-state index contributed by atoms with van der Waals surface area (Å²) in [6.07, 6.45) is 10.9. The Morgan fingerprint density at radius 3 is 2.55 bits per heavy atom. The minimum atomic E-state index is -0.667. The highest BCUT2D eigenvalue weighted by atomic mass is 32.1. The molecule has 0 aromatic carbocycles. The molecular weight excluding hydrogens is 270 g/mol. The van der Waals surface area contributed by atoms with Crippen molar-refractivity contribution in [3.63, 3.8) is 0 Å². The second kappa shape index (κ2) is 5.82. The van der Waals surface area contributed by atoms with Crippen LogP contribution in [0.2, 0.25) is 0 Å². The molecule has 0 spiro atoms. The van der Waals surface area contributed by atoms with Gasteiger partial charge in [-0.2, -0.15) is 0 Å². The van der Waals surface area contributed by atoms with Gasteiger partial charge in [-0.05, 0) is 38.5 Å². The molecule has 20 heavy (non-hydrogen) atoms. The lowest BCUT2D eigenvalue weighted by Gasteiger charge is -2.21. The fraction of sp³-hybridized carbons (Fsp3) is 0.733. The molecule has 0 bridgehead atoms. The van der Waals surface area contributed by atoms with Crippen molar-refractivity contribution in [3.8, 4) is 0 Å². The summed E-state index contributed by atoms with van der Waals surface area (Å²) in [5.74, 6) is -0.0447. The van der Waals surface area contributed by atoms with E-state index in [4.69, 9.17) is 5.73 Å². The second-order valence-corrected chi connectivity index (χ2v) is 7.20. The van der Waals surface area contributed by atoms with E-state index in [1.165, 1.54) is 36.3 Å². The maximum Gasteiger partial charge on any atom is 0.246 e. The van der Waals surface area contributed by atoms with Crippen LogP contribution in [0.15, 0.2) is 0 Å². The summed E-state index contributed by atoms with van der Waals surface area (Å²) >= 11 is 1.65. The smallest absolute Gasteiger partial charge is 0.246 e. The van der Waals surface area contributed by atoms with Gasteiger partial charge < -0.3 is 11.1 Å². The lowest BCUT2D eigenvalue weighted by Crippen LogP contribution is -2.48. The molecule has 3 N–H and O–H groups in total. The molecule has 0 aliphatic heterocycles. The highest BCUT2D eigenvalue weighted by Gasteiger charge is 2.37. The number of anilines is 1. The summed E-state index contributed by atoms with van der Waals surface area (Å²) in [6.45, 7) is 0. The summed E-state index contributed by atoms with van der Waals surface area (Å²) < 4.78 is 0. The van der Waals surface area contributed by atoms with Crippen LogP contribution in [-0.2, 0) is 17.6 Å². The average molecular weight is 293 g/mol. The molecular formula is C15H23N3OS. The molecule has 3 rings (SSSR count). The zero-order valence-electron chi connectivity index (χ0n) is 11.9. The van der Waals surface area contributed by atoms with Gasteiger partial charge in [0.1, 0.15) is 0 Å². The standard InChI is InChI=1S/C15H23N3OS/c16-15(9-5-6-10-15)13(19)18-14-17-11-7-3-1-2-4-8-12(11)20-14/h1-10,16H2,(H,17,18,19). The van der Waals surface area contributed by atoms with E-state index < -0.39 is 5.54 Å². The van der Waals surface area contributed by atoms with Crippen LogP contribution in [0.3, 0.4) is 0 Å². The molecule has 1 saturated carbocycles. The molecule has 1 amide bonds. The molecule has 1 fully saturated rings. The van der Waals surface area contributed by atoms with Gasteiger partial charge in [-0.25, -0.2) is 4.98 Å². The molecule has 1 aromatic heterocycles. The van der Waals surface area contributed by atoms with Gasteiger partial charge in [-0.15, -0.1) is 11.3 Å². The Morgan fingerprint density at radius 1 is 1.10 bits per heavy atom. The molecule has 110 valence electrons. The summed E-state index contributed by atoms with van der Waals surface area (Å²) in [5.41, 5.74) is 6.72. The number of nitrogens with two attached hydrogens (primary N) is 1. The number of hydrogen-bond acceptors (Lipinski definition) is 4. The van der Waals surface area contributed by atoms with Crippen LogP contribution in [0.25, 0.3) is 0 Å². The number of hydrogen-bond donors (Lipinski definition) is 2. The molecule has 2 aliphatic carbocycles. The van der Waals surface area contributed by atoms with Gasteiger partial charge in [0, 0.05) is 4.88 Å². The number of aromatic nitrogens is 1. The van der Waals surface area contributed by atoms with Crippen molar-refractivity contribution in [1.29, 1.82) is 0 Å². The van der Waals surface area contributed by atoms with Crippen LogP contribution >= 0.6 is 11.3 Å². The Balaban J connectivity index is 1.71. The van der Waals surface area contributed by atoms with E-state index in [9.17, 15) is 4.79 Å². The number of fused-ring (bicyclic) bond motifs is 1. The van der Waals surface area contributed by atoms with Crippen LogP contribution in [0, 0.1) is 0 Å². The molecule has 0 radical (unpaired) electrons. The van der Waals surface area contributed by atoms with Crippen molar-refractivity contribution >= 4 is 22.4 Å². The number of carbonyl (C=O) groups excluding carboxylic acids is 1. The Kier molecular flexibility index (Phi) is 4.08. The number of rotatable bonds is 2. The number of amides is 1. The normalized spacial score (nSPS) is 21.9. The molecule has 0 saturated heterocycles. The maximum atomic E-state index is 12.3. The summed E-state index contributed by atoms with van der Waals surface area (Å²) in [6, 6.07) is 0. The molecule has 1 aromatic rings. The second-order valence-electron chi connectivity index (χ2n) is 6.12. The minimum absolute atomic E-state index is 0.0447. The molecule has 1 heterocycles. The Hall–Kier alpha value is -0.940. The molecule has 5 heteroatoms. The molecule has 2 aliphatic rings. The zero-order valence-corrected chi connectivity index (χ0v) is 12.7. The quantitative estimate of drug-likeness (QED) is 0.880. The van der Waals surface area contributed by atoms with E-state index in [-0.39, 0.29) is 5.91 Å². The molecule has 0 unspecified atom stereocenters. The Bertz CT molecular complexity index is 466.